The largest absolute Gasteiger partial charge is 0.446 e. The first-order valence-electron chi connectivity index (χ1n) is 12.3. The molecule has 2 amide bonds. The molecule has 3 aromatic carbocycles. The lowest BCUT2D eigenvalue weighted by molar-refractivity contribution is -0.116. The number of benzene rings is 3. The molecule has 1 aliphatic rings. The van der Waals surface area contributed by atoms with E-state index in [-0.39, 0.29) is 18.6 Å². The second-order valence-corrected chi connectivity index (χ2v) is 9.18. The second kappa shape index (κ2) is 12.3. The van der Waals surface area contributed by atoms with E-state index in [2.05, 4.69) is 22.6 Å². The molecule has 0 spiro atoms. The Bertz CT molecular complexity index is 1160. The zero-order valence-corrected chi connectivity index (χ0v) is 20.6. The van der Waals surface area contributed by atoms with Gasteiger partial charge in [0.15, 0.2) is 0 Å². The van der Waals surface area contributed by atoms with Crippen LogP contribution >= 0.6 is 0 Å². The van der Waals surface area contributed by atoms with Crippen LogP contribution in [0.2, 0.25) is 0 Å². The average Bonchev–Trinajstić information content (AvgIpc) is 2.90. The summed E-state index contributed by atoms with van der Waals surface area (Å²) in [5.41, 5.74) is 5.02. The summed E-state index contributed by atoms with van der Waals surface area (Å²) < 4.78 is 5.67. The van der Waals surface area contributed by atoms with Gasteiger partial charge in [-0.1, -0.05) is 48.5 Å². The van der Waals surface area contributed by atoms with E-state index in [9.17, 15) is 9.59 Å². The Kier molecular flexibility index (Phi) is 8.71. The average molecular weight is 488 g/mol. The van der Waals surface area contributed by atoms with E-state index in [1.807, 2.05) is 48.5 Å². The number of anilines is 2. The van der Waals surface area contributed by atoms with Gasteiger partial charge in [-0.3, -0.25) is 10.1 Å². The molecule has 188 valence electrons. The standard InChI is InChI=1S/C29H33N3O4/c1-32-17-15-25(16-18-32)36-29(35)31-27-13-9-21(19-26(27)23-5-3-2-4-6-23)10-14-28(34)30-24-11-7-22(20-33)8-12-24/h2-9,11-13,19,25,33H,10,14-18,20H2,1H3,(H,30,34)(H,31,35). The zero-order valence-electron chi connectivity index (χ0n) is 20.6. The van der Waals surface area contributed by atoms with Crippen LogP contribution in [0.3, 0.4) is 0 Å². The number of hydrogen-bond acceptors (Lipinski definition) is 5. The third-order valence-electron chi connectivity index (χ3n) is 6.41. The van der Waals surface area contributed by atoms with Gasteiger partial charge in [-0.25, -0.2) is 4.79 Å². The van der Waals surface area contributed by atoms with Crippen molar-refractivity contribution in [2.24, 2.45) is 0 Å². The summed E-state index contributed by atoms with van der Waals surface area (Å²) >= 11 is 0. The molecule has 1 aliphatic heterocycles. The fourth-order valence-corrected chi connectivity index (χ4v) is 4.28. The smallest absolute Gasteiger partial charge is 0.411 e. The van der Waals surface area contributed by atoms with Gasteiger partial charge in [0.25, 0.3) is 0 Å². The third kappa shape index (κ3) is 7.16. The van der Waals surface area contributed by atoms with Gasteiger partial charge in [-0.2, -0.15) is 0 Å². The molecule has 1 heterocycles. The van der Waals surface area contributed by atoms with Crippen LogP contribution in [0.25, 0.3) is 11.1 Å². The molecule has 0 aromatic heterocycles. The lowest BCUT2D eigenvalue weighted by atomic mass is 9.99. The summed E-state index contributed by atoms with van der Waals surface area (Å²) in [5, 5.41) is 15.0. The molecule has 4 rings (SSSR count). The van der Waals surface area contributed by atoms with Gasteiger partial charge >= 0.3 is 6.09 Å². The van der Waals surface area contributed by atoms with Crippen LogP contribution in [0, 0.1) is 0 Å². The number of likely N-dealkylation sites (tertiary alicyclic amines) is 1. The maximum atomic E-state index is 12.6. The molecular weight excluding hydrogens is 454 g/mol. The van der Waals surface area contributed by atoms with Gasteiger partial charge in [0, 0.05) is 30.8 Å². The maximum absolute atomic E-state index is 12.6. The van der Waals surface area contributed by atoms with Crippen molar-refractivity contribution < 1.29 is 19.4 Å². The number of amides is 2. The number of nitrogens with zero attached hydrogens (tertiary/aromatic N) is 1. The Morgan fingerprint density at radius 3 is 2.33 bits per heavy atom. The van der Waals surface area contributed by atoms with Crippen LogP contribution in [-0.2, 0) is 22.6 Å². The number of piperidine rings is 1. The predicted molar refractivity (Wildman–Crippen MR) is 142 cm³/mol. The quantitative estimate of drug-likeness (QED) is 0.413. The van der Waals surface area contributed by atoms with E-state index in [4.69, 9.17) is 9.84 Å². The van der Waals surface area contributed by atoms with Gasteiger partial charge < -0.3 is 20.1 Å². The fourth-order valence-electron chi connectivity index (χ4n) is 4.28. The molecule has 3 aromatic rings. The molecule has 1 fully saturated rings. The molecular formula is C29H33N3O4. The van der Waals surface area contributed by atoms with Gasteiger partial charge in [-0.15, -0.1) is 0 Å². The van der Waals surface area contributed by atoms with Gasteiger partial charge in [0.05, 0.1) is 12.3 Å². The minimum Gasteiger partial charge on any atom is -0.446 e. The molecule has 0 bridgehead atoms. The maximum Gasteiger partial charge on any atom is 0.411 e. The summed E-state index contributed by atoms with van der Waals surface area (Å²) in [7, 11) is 2.07. The van der Waals surface area contributed by atoms with Gasteiger partial charge in [0.1, 0.15) is 6.10 Å². The highest BCUT2D eigenvalue weighted by molar-refractivity contribution is 5.92. The van der Waals surface area contributed by atoms with Crippen LogP contribution in [0.4, 0.5) is 16.2 Å². The summed E-state index contributed by atoms with van der Waals surface area (Å²) in [6.45, 7) is 1.81. The predicted octanol–water partition coefficient (Wildman–Crippen LogP) is 5.06. The topological polar surface area (TPSA) is 90.9 Å². The molecule has 7 nitrogen and oxygen atoms in total. The van der Waals surface area contributed by atoms with Crippen molar-refractivity contribution >= 4 is 23.4 Å². The highest BCUT2D eigenvalue weighted by atomic mass is 16.6. The normalized spacial score (nSPS) is 14.3. The van der Waals surface area contributed by atoms with E-state index in [1.165, 1.54) is 0 Å². The number of ether oxygens (including phenoxy) is 1. The van der Waals surface area contributed by atoms with Crippen molar-refractivity contribution in [1.29, 1.82) is 0 Å². The monoisotopic (exact) mass is 487 g/mol. The summed E-state index contributed by atoms with van der Waals surface area (Å²) in [6, 6.07) is 22.8. The number of carbonyl (C=O) groups is 2. The van der Waals surface area contributed by atoms with Gasteiger partial charge in [0.2, 0.25) is 5.91 Å². The van der Waals surface area contributed by atoms with E-state index in [1.54, 1.807) is 24.3 Å². The molecule has 0 aliphatic carbocycles. The molecule has 36 heavy (non-hydrogen) atoms. The lowest BCUT2D eigenvalue weighted by Gasteiger charge is -2.28. The van der Waals surface area contributed by atoms with E-state index < -0.39 is 6.09 Å². The highest BCUT2D eigenvalue weighted by Crippen LogP contribution is 2.30. The third-order valence-corrected chi connectivity index (χ3v) is 6.41. The number of carbonyl (C=O) groups excluding carboxylic acids is 2. The zero-order chi connectivity index (χ0) is 25.3. The lowest BCUT2D eigenvalue weighted by Crippen LogP contribution is -2.36. The van der Waals surface area contributed by atoms with Crippen LogP contribution in [-0.4, -0.2) is 48.2 Å². The van der Waals surface area contributed by atoms with Crippen molar-refractivity contribution in [3.05, 3.63) is 83.9 Å². The summed E-state index contributed by atoms with van der Waals surface area (Å²) in [4.78, 5) is 27.4. The molecule has 3 N–H and O–H groups in total. The van der Waals surface area contributed by atoms with E-state index in [0.29, 0.717) is 24.2 Å². The van der Waals surface area contributed by atoms with Crippen LogP contribution in [0.1, 0.15) is 30.4 Å². The number of rotatable bonds is 8. The number of aliphatic hydroxyl groups is 1. The van der Waals surface area contributed by atoms with E-state index in [0.717, 1.165) is 48.2 Å². The molecule has 0 saturated carbocycles. The summed E-state index contributed by atoms with van der Waals surface area (Å²) in [6.07, 6.45) is 2.03. The van der Waals surface area contributed by atoms with Crippen LogP contribution in [0.5, 0.6) is 0 Å². The first kappa shape index (κ1) is 25.4. The molecule has 0 unspecified atom stereocenters. The van der Waals surface area contributed by atoms with Crippen molar-refractivity contribution in [1.82, 2.24) is 4.90 Å². The van der Waals surface area contributed by atoms with Gasteiger partial charge in [-0.05, 0) is 67.3 Å². The fraction of sp³-hybridized carbons (Fsp3) is 0.310. The number of hydrogen-bond donors (Lipinski definition) is 3. The Hall–Kier alpha value is -3.68. The molecule has 0 atom stereocenters. The highest BCUT2D eigenvalue weighted by Gasteiger charge is 2.21. The first-order valence-corrected chi connectivity index (χ1v) is 12.3. The van der Waals surface area contributed by atoms with Crippen molar-refractivity contribution in [2.75, 3.05) is 30.8 Å². The first-order chi connectivity index (χ1) is 17.5. The number of aliphatic hydroxyl groups excluding tert-OH is 1. The Balaban J connectivity index is 1.41. The number of nitrogens with one attached hydrogen (secondary N) is 2. The Morgan fingerprint density at radius 2 is 1.64 bits per heavy atom. The minimum atomic E-state index is -0.443. The molecule has 1 saturated heterocycles. The Labute approximate surface area is 212 Å². The second-order valence-electron chi connectivity index (χ2n) is 9.18. The van der Waals surface area contributed by atoms with Crippen LogP contribution in [0.15, 0.2) is 72.8 Å². The SMILES string of the molecule is CN1CCC(OC(=O)Nc2ccc(CCC(=O)Nc3ccc(CO)cc3)cc2-c2ccccc2)CC1. The minimum absolute atomic E-state index is 0.0290. The number of aryl methyl sites for hydroxylation is 1. The Morgan fingerprint density at radius 1 is 0.944 bits per heavy atom. The van der Waals surface area contributed by atoms with Crippen molar-refractivity contribution in [3.8, 4) is 11.1 Å². The van der Waals surface area contributed by atoms with Crippen molar-refractivity contribution in [2.45, 2.75) is 38.4 Å². The molecule has 7 heteroatoms. The van der Waals surface area contributed by atoms with Crippen molar-refractivity contribution in [3.63, 3.8) is 0 Å². The van der Waals surface area contributed by atoms with E-state index >= 15 is 0 Å². The summed E-state index contributed by atoms with van der Waals surface area (Å²) in [5.74, 6) is -0.0862. The van der Waals surface area contributed by atoms with Crippen LogP contribution < -0.4 is 10.6 Å². The molecule has 0 radical (unpaired) electrons.